The lowest BCUT2D eigenvalue weighted by Gasteiger charge is -2.60. The highest BCUT2D eigenvalue weighted by Crippen LogP contribution is 2.68. The maximum absolute atomic E-state index is 11.6. The van der Waals surface area contributed by atoms with Crippen molar-refractivity contribution in [3.8, 4) is 5.40 Å². The molecule has 0 spiro atoms. The molecule has 190 valence electrons. The quantitative estimate of drug-likeness (QED) is 0.207. The standard InChI is InChI=1S/C30H47NO2S/c1-19(2)8-7-9-20(3)24-10-11-25-28-26(13-15-30(24,25)6)29(5)14-12-23(33-21(4)32)16-22(29)17-27(28)34-18-31/h17,19-20,23-28H,7-16H2,1-6H3/t20-,23-,24-,25+,26+,27+,28+,29-,30+/m0/s1. The SMILES string of the molecule is CC(=O)O[C@H]1CC[C@@]2(C)C(=C[C@@H](SC#N)[C@@H]3[C@H]4CC[C@@H]([C@@H](C)CCCC(C)C)[C@@]4(C)CC[C@H]32)C1. The first-order valence-electron chi connectivity index (χ1n) is 14.0. The van der Waals surface area contributed by atoms with E-state index < -0.39 is 0 Å². The molecule has 0 radical (unpaired) electrons. The number of hydrogen-bond donors (Lipinski definition) is 0. The number of thioether (sulfide) groups is 1. The van der Waals surface area contributed by atoms with E-state index in [1.165, 1.54) is 69.2 Å². The molecule has 0 aromatic carbocycles. The number of nitrogens with zero attached hydrogens (tertiary/aromatic N) is 1. The normalized spacial score (nSPS) is 42.1. The zero-order valence-electron chi connectivity index (χ0n) is 22.4. The van der Waals surface area contributed by atoms with E-state index in [2.05, 4.69) is 46.1 Å². The second-order valence-electron chi connectivity index (χ2n) is 13.1. The van der Waals surface area contributed by atoms with Gasteiger partial charge in [0.15, 0.2) is 0 Å². The number of carbonyl (C=O) groups excluding carboxylic acids is 1. The summed E-state index contributed by atoms with van der Waals surface area (Å²) in [5.74, 6) is 4.26. The van der Waals surface area contributed by atoms with Crippen LogP contribution in [0.4, 0.5) is 0 Å². The van der Waals surface area contributed by atoms with Gasteiger partial charge in [-0.1, -0.05) is 65.5 Å². The molecule has 0 amide bonds. The summed E-state index contributed by atoms with van der Waals surface area (Å²) in [5, 5.41) is 12.5. The lowest BCUT2D eigenvalue weighted by Crippen LogP contribution is -2.54. The highest BCUT2D eigenvalue weighted by atomic mass is 32.2. The Kier molecular flexibility index (Phi) is 7.83. The molecule has 4 aliphatic carbocycles. The molecule has 0 aromatic rings. The first-order valence-corrected chi connectivity index (χ1v) is 14.9. The molecule has 3 fully saturated rings. The number of ether oxygens (including phenoxy) is 1. The van der Waals surface area contributed by atoms with E-state index in [9.17, 15) is 10.1 Å². The molecule has 0 aromatic heterocycles. The summed E-state index contributed by atoms with van der Waals surface area (Å²) in [4.78, 5) is 11.6. The van der Waals surface area contributed by atoms with Crippen LogP contribution in [-0.4, -0.2) is 17.3 Å². The largest absolute Gasteiger partial charge is 0.462 e. The summed E-state index contributed by atoms with van der Waals surface area (Å²) >= 11 is 1.50. The molecule has 0 saturated heterocycles. The van der Waals surface area contributed by atoms with Crippen LogP contribution in [0, 0.1) is 57.0 Å². The van der Waals surface area contributed by atoms with Crippen molar-refractivity contribution >= 4 is 17.7 Å². The van der Waals surface area contributed by atoms with Crippen molar-refractivity contribution < 1.29 is 9.53 Å². The van der Waals surface area contributed by atoms with Crippen molar-refractivity contribution in [1.29, 1.82) is 5.26 Å². The topological polar surface area (TPSA) is 50.1 Å². The lowest BCUT2D eigenvalue weighted by molar-refractivity contribution is -0.148. The third kappa shape index (κ3) is 4.72. The van der Waals surface area contributed by atoms with Crippen LogP contribution in [0.5, 0.6) is 0 Å². The van der Waals surface area contributed by atoms with Gasteiger partial charge in [0, 0.05) is 18.6 Å². The number of thiocyanates is 1. The van der Waals surface area contributed by atoms with E-state index in [0.717, 1.165) is 42.9 Å². The van der Waals surface area contributed by atoms with Gasteiger partial charge < -0.3 is 4.74 Å². The number of esters is 1. The Bertz CT molecular complexity index is 830. The van der Waals surface area contributed by atoms with Crippen molar-refractivity contribution in [2.45, 2.75) is 117 Å². The van der Waals surface area contributed by atoms with Crippen LogP contribution in [0.1, 0.15) is 106 Å². The fourth-order valence-electron chi connectivity index (χ4n) is 9.12. The molecule has 4 rings (SSSR count). The third-order valence-electron chi connectivity index (χ3n) is 10.8. The Morgan fingerprint density at radius 3 is 2.59 bits per heavy atom. The lowest BCUT2D eigenvalue weighted by atomic mass is 9.46. The Hall–Kier alpha value is -0.950. The van der Waals surface area contributed by atoms with Crippen molar-refractivity contribution in [2.75, 3.05) is 0 Å². The first kappa shape index (κ1) is 26.1. The van der Waals surface area contributed by atoms with Crippen LogP contribution in [0.25, 0.3) is 0 Å². The van der Waals surface area contributed by atoms with Gasteiger partial charge in [-0.3, -0.25) is 4.79 Å². The van der Waals surface area contributed by atoms with Gasteiger partial charge in [0.05, 0.1) is 0 Å². The van der Waals surface area contributed by atoms with Crippen LogP contribution >= 0.6 is 11.8 Å². The number of fused-ring (bicyclic) bond motifs is 5. The average molecular weight is 486 g/mol. The van der Waals surface area contributed by atoms with Gasteiger partial charge >= 0.3 is 5.97 Å². The summed E-state index contributed by atoms with van der Waals surface area (Å²) in [7, 11) is 0. The maximum Gasteiger partial charge on any atom is 0.302 e. The van der Waals surface area contributed by atoms with Crippen LogP contribution < -0.4 is 0 Å². The molecular formula is C30H47NO2S. The summed E-state index contributed by atoms with van der Waals surface area (Å²) in [6, 6.07) is 0. The summed E-state index contributed by atoms with van der Waals surface area (Å²) < 4.78 is 5.64. The second-order valence-corrected chi connectivity index (χ2v) is 14.0. The van der Waals surface area contributed by atoms with Gasteiger partial charge in [0.1, 0.15) is 11.5 Å². The Morgan fingerprint density at radius 1 is 1.15 bits per heavy atom. The van der Waals surface area contributed by atoms with Crippen LogP contribution in [0.2, 0.25) is 0 Å². The molecule has 4 aliphatic rings. The van der Waals surface area contributed by atoms with Crippen LogP contribution in [0.3, 0.4) is 0 Å². The van der Waals surface area contributed by atoms with E-state index in [1.807, 2.05) is 0 Å². The smallest absolute Gasteiger partial charge is 0.302 e. The minimum absolute atomic E-state index is 0.0116. The monoisotopic (exact) mass is 485 g/mol. The van der Waals surface area contributed by atoms with Gasteiger partial charge in [-0.05, 0) is 96.6 Å². The van der Waals surface area contributed by atoms with Crippen molar-refractivity contribution in [1.82, 2.24) is 0 Å². The van der Waals surface area contributed by atoms with E-state index in [4.69, 9.17) is 4.74 Å². The maximum atomic E-state index is 11.6. The number of hydrogen-bond acceptors (Lipinski definition) is 4. The highest BCUT2D eigenvalue weighted by Gasteiger charge is 2.61. The molecule has 9 atom stereocenters. The number of nitriles is 1. The summed E-state index contributed by atoms with van der Waals surface area (Å²) in [6.07, 6.45) is 14.9. The molecule has 0 aliphatic heterocycles. The Morgan fingerprint density at radius 2 is 1.91 bits per heavy atom. The highest BCUT2D eigenvalue weighted by molar-refractivity contribution is 8.04. The minimum Gasteiger partial charge on any atom is -0.462 e. The average Bonchev–Trinajstić information content (AvgIpc) is 3.11. The molecule has 0 heterocycles. The second kappa shape index (κ2) is 10.2. The zero-order chi connectivity index (χ0) is 24.7. The fourth-order valence-corrected chi connectivity index (χ4v) is 10.0. The molecule has 3 nitrogen and oxygen atoms in total. The number of carbonyl (C=O) groups is 1. The molecule has 34 heavy (non-hydrogen) atoms. The van der Waals surface area contributed by atoms with Crippen molar-refractivity contribution in [3.63, 3.8) is 0 Å². The molecule has 0 N–H and O–H groups in total. The van der Waals surface area contributed by atoms with E-state index >= 15 is 0 Å². The van der Waals surface area contributed by atoms with Crippen molar-refractivity contribution in [3.05, 3.63) is 11.6 Å². The fraction of sp³-hybridized carbons (Fsp3) is 0.867. The molecule has 3 saturated carbocycles. The minimum atomic E-state index is -0.168. The van der Waals surface area contributed by atoms with E-state index in [-0.39, 0.29) is 22.7 Å². The predicted octanol–water partition coefficient (Wildman–Crippen LogP) is 8.15. The Labute approximate surface area is 212 Å². The molecular weight excluding hydrogens is 438 g/mol. The van der Waals surface area contributed by atoms with Gasteiger partial charge in [-0.25, -0.2) is 0 Å². The summed E-state index contributed by atoms with van der Waals surface area (Å²) in [5.41, 5.74) is 2.10. The van der Waals surface area contributed by atoms with E-state index in [0.29, 0.717) is 17.3 Å². The first-order chi connectivity index (χ1) is 16.1. The van der Waals surface area contributed by atoms with Gasteiger partial charge in [-0.2, -0.15) is 5.26 Å². The van der Waals surface area contributed by atoms with Gasteiger partial charge in [0.25, 0.3) is 0 Å². The van der Waals surface area contributed by atoms with Gasteiger partial charge in [-0.15, -0.1) is 0 Å². The Balaban J connectivity index is 1.58. The zero-order valence-corrected chi connectivity index (χ0v) is 23.3. The molecule has 0 unspecified atom stereocenters. The van der Waals surface area contributed by atoms with Crippen LogP contribution in [-0.2, 0) is 9.53 Å². The summed E-state index contributed by atoms with van der Waals surface area (Å²) in [6.45, 7) is 13.9. The van der Waals surface area contributed by atoms with Crippen molar-refractivity contribution in [2.24, 2.45) is 46.3 Å². The van der Waals surface area contributed by atoms with Gasteiger partial charge in [0.2, 0.25) is 0 Å². The van der Waals surface area contributed by atoms with Crippen LogP contribution in [0.15, 0.2) is 11.6 Å². The molecule has 0 bridgehead atoms. The number of rotatable bonds is 7. The third-order valence-corrected chi connectivity index (χ3v) is 11.6. The van der Waals surface area contributed by atoms with E-state index in [1.54, 1.807) is 0 Å². The molecule has 4 heteroatoms. The predicted molar refractivity (Wildman–Crippen MR) is 141 cm³/mol.